The Morgan fingerprint density at radius 2 is 0.941 bits per heavy atom. The van der Waals surface area contributed by atoms with Crippen molar-refractivity contribution in [3.63, 3.8) is 0 Å². The fraction of sp³-hybridized carbons (Fsp3) is 1.00. The highest BCUT2D eigenvalue weighted by Crippen LogP contribution is 2.11. The lowest BCUT2D eigenvalue weighted by atomic mass is 10.9. The Morgan fingerprint density at radius 3 is 1.06 bits per heavy atom. The zero-order valence-electron chi connectivity index (χ0n) is 11.8. The van der Waals surface area contributed by atoms with Gasteiger partial charge in [0.1, 0.15) is 0 Å². The Labute approximate surface area is 113 Å². The molecule has 0 heterocycles. The van der Waals surface area contributed by atoms with Gasteiger partial charge in [-0.05, 0) is 27.7 Å². The van der Waals surface area contributed by atoms with E-state index in [1.165, 1.54) is 0 Å². The topological polar surface area (TPSA) is 36.9 Å². The first-order valence-electron chi connectivity index (χ1n) is 5.99. The van der Waals surface area contributed by atoms with Crippen LogP contribution < -0.4 is 0 Å². The Bertz CT molecular complexity index is 129. The van der Waals surface area contributed by atoms with E-state index in [4.69, 9.17) is 28.8 Å². The predicted octanol–water partition coefficient (Wildman–Crippen LogP) is 3.04. The van der Waals surface area contributed by atoms with Gasteiger partial charge in [0, 0.05) is 26.4 Å². The molecule has 1 radical (unpaired) electrons. The van der Waals surface area contributed by atoms with E-state index in [0.717, 1.165) is 0 Å². The molecule has 0 saturated carbocycles. The summed E-state index contributed by atoms with van der Waals surface area (Å²) >= 11 is 5.38. The molecular formula is C10H26ClO4Si2. The highest BCUT2D eigenvalue weighted by atomic mass is 35.6. The minimum atomic E-state index is -2.80. The molecule has 0 aliphatic heterocycles. The fourth-order valence-electron chi connectivity index (χ4n) is 0.957. The van der Waals surface area contributed by atoms with E-state index >= 15 is 0 Å². The van der Waals surface area contributed by atoms with Gasteiger partial charge in [-0.15, -0.1) is 0 Å². The third-order valence-corrected chi connectivity index (χ3v) is 3.85. The van der Waals surface area contributed by atoms with Crippen LogP contribution >= 0.6 is 11.1 Å². The highest BCUT2D eigenvalue weighted by molar-refractivity contribution is 7.05. The van der Waals surface area contributed by atoms with Gasteiger partial charge in [0.05, 0.1) is 0 Å². The summed E-state index contributed by atoms with van der Waals surface area (Å²) in [7, 11) is -3.20. The SMILES string of the molecule is CCO[Si](OCC)(OCC)OCC.C[Si](C)Cl. The Hall–Kier alpha value is 0.564. The maximum atomic E-state index is 5.42. The summed E-state index contributed by atoms with van der Waals surface area (Å²) in [6, 6.07) is 0. The molecule has 0 N–H and O–H groups in total. The molecule has 7 heteroatoms. The second-order valence-electron chi connectivity index (χ2n) is 3.11. The van der Waals surface area contributed by atoms with Crippen molar-refractivity contribution in [2.24, 2.45) is 0 Å². The molecule has 105 valence electrons. The summed E-state index contributed by atoms with van der Waals surface area (Å²) in [5, 5.41) is 0. The van der Waals surface area contributed by atoms with Crippen molar-refractivity contribution in [2.75, 3.05) is 26.4 Å². The van der Waals surface area contributed by atoms with Crippen LogP contribution in [0.5, 0.6) is 0 Å². The van der Waals surface area contributed by atoms with Gasteiger partial charge in [0.2, 0.25) is 0 Å². The lowest BCUT2D eigenvalue weighted by molar-refractivity contribution is -0.0247. The summed E-state index contributed by atoms with van der Waals surface area (Å²) in [5.41, 5.74) is 0. The molecule has 0 aromatic carbocycles. The van der Waals surface area contributed by atoms with Crippen LogP contribution in [0.4, 0.5) is 0 Å². The van der Waals surface area contributed by atoms with E-state index in [1.54, 1.807) is 0 Å². The Morgan fingerprint density at radius 1 is 0.765 bits per heavy atom. The molecular weight excluding hydrogens is 276 g/mol. The van der Waals surface area contributed by atoms with Gasteiger partial charge in [-0.25, -0.2) is 0 Å². The van der Waals surface area contributed by atoms with Crippen LogP contribution in [0, 0.1) is 0 Å². The van der Waals surface area contributed by atoms with Crippen molar-refractivity contribution < 1.29 is 17.7 Å². The van der Waals surface area contributed by atoms with E-state index in [9.17, 15) is 0 Å². The average molecular weight is 302 g/mol. The number of hydrogen-bond acceptors (Lipinski definition) is 4. The van der Waals surface area contributed by atoms with Gasteiger partial charge in [-0.3, -0.25) is 0 Å². The average Bonchev–Trinajstić information content (AvgIpc) is 2.18. The molecule has 0 amide bonds. The van der Waals surface area contributed by atoms with Crippen LogP contribution in [0.3, 0.4) is 0 Å². The summed E-state index contributed by atoms with van der Waals surface area (Å²) in [5.74, 6) is 0. The van der Waals surface area contributed by atoms with Gasteiger partial charge >= 0.3 is 9.05 Å². The molecule has 17 heavy (non-hydrogen) atoms. The predicted molar refractivity (Wildman–Crippen MR) is 75.6 cm³/mol. The van der Waals surface area contributed by atoms with Crippen LogP contribution in [0.15, 0.2) is 0 Å². The molecule has 0 saturated heterocycles. The lowest BCUT2D eigenvalue weighted by Crippen LogP contribution is -2.49. The molecule has 0 unspecified atom stereocenters. The van der Waals surface area contributed by atoms with E-state index < -0.39 is 17.2 Å². The minimum absolute atomic E-state index is 0.407. The quantitative estimate of drug-likeness (QED) is 0.510. The van der Waals surface area contributed by atoms with E-state index in [1.807, 2.05) is 40.8 Å². The van der Waals surface area contributed by atoms with Gasteiger partial charge in [-0.1, -0.05) is 13.1 Å². The third kappa shape index (κ3) is 12.8. The van der Waals surface area contributed by atoms with Crippen LogP contribution in [0.2, 0.25) is 13.1 Å². The molecule has 0 bridgehead atoms. The molecule has 0 fully saturated rings. The van der Waals surface area contributed by atoms with Crippen molar-refractivity contribution in [3.05, 3.63) is 0 Å². The second kappa shape index (κ2) is 13.0. The maximum absolute atomic E-state index is 5.42. The van der Waals surface area contributed by atoms with Crippen molar-refractivity contribution in [3.8, 4) is 0 Å². The van der Waals surface area contributed by atoms with E-state index in [0.29, 0.717) is 26.4 Å². The first kappa shape index (κ1) is 19.9. The molecule has 4 nitrogen and oxygen atoms in total. The Balaban J connectivity index is 0. The summed E-state index contributed by atoms with van der Waals surface area (Å²) in [6.07, 6.45) is 0. The summed E-state index contributed by atoms with van der Waals surface area (Å²) in [4.78, 5) is 0. The van der Waals surface area contributed by atoms with Crippen molar-refractivity contribution in [2.45, 2.75) is 40.8 Å². The van der Waals surface area contributed by atoms with E-state index in [-0.39, 0.29) is 0 Å². The van der Waals surface area contributed by atoms with Gasteiger partial charge in [-0.2, -0.15) is 11.1 Å². The van der Waals surface area contributed by atoms with Gasteiger partial charge < -0.3 is 17.7 Å². The molecule has 0 rings (SSSR count). The Kier molecular flexibility index (Phi) is 15.2. The van der Waals surface area contributed by atoms with Crippen LogP contribution in [0.25, 0.3) is 0 Å². The monoisotopic (exact) mass is 301 g/mol. The summed E-state index contributed by atoms with van der Waals surface area (Å²) < 4.78 is 21.7. The highest BCUT2D eigenvalue weighted by Gasteiger charge is 2.44. The normalized spacial score (nSPS) is 11.3. The number of rotatable bonds is 8. The first-order valence-corrected chi connectivity index (χ1v) is 11.1. The second-order valence-corrected chi connectivity index (χ2v) is 9.29. The van der Waals surface area contributed by atoms with Gasteiger partial charge in [0.15, 0.2) is 8.11 Å². The molecule has 0 aromatic rings. The van der Waals surface area contributed by atoms with Crippen LogP contribution in [0.1, 0.15) is 27.7 Å². The van der Waals surface area contributed by atoms with E-state index in [2.05, 4.69) is 0 Å². The standard InChI is InChI=1S/C8H20O4Si.C2H6ClSi/c1-5-9-13(10-6-2,11-7-3)12-8-4;1-4(2)3/h5-8H2,1-4H3;1-2H3. The zero-order valence-corrected chi connectivity index (χ0v) is 14.6. The smallest absolute Gasteiger partial charge is 0.351 e. The first-order chi connectivity index (χ1) is 7.97. The van der Waals surface area contributed by atoms with Gasteiger partial charge in [0.25, 0.3) is 0 Å². The minimum Gasteiger partial charge on any atom is -0.351 e. The molecule has 0 spiro atoms. The van der Waals surface area contributed by atoms with Crippen molar-refractivity contribution in [1.82, 2.24) is 0 Å². The van der Waals surface area contributed by atoms with Crippen molar-refractivity contribution >= 4 is 28.2 Å². The number of halogens is 1. The molecule has 0 aromatic heterocycles. The number of hydrogen-bond donors (Lipinski definition) is 0. The fourth-order valence-corrected chi connectivity index (χ4v) is 2.87. The third-order valence-electron chi connectivity index (χ3n) is 1.28. The molecule has 0 aliphatic carbocycles. The largest absolute Gasteiger partial charge is 0.679 e. The lowest BCUT2D eigenvalue weighted by Gasteiger charge is -2.26. The maximum Gasteiger partial charge on any atom is 0.679 e. The zero-order chi connectivity index (χ0) is 13.7. The van der Waals surface area contributed by atoms with Crippen LogP contribution in [-0.4, -0.2) is 43.6 Å². The molecule has 0 atom stereocenters. The van der Waals surface area contributed by atoms with Crippen molar-refractivity contribution in [1.29, 1.82) is 0 Å². The summed E-state index contributed by atoms with van der Waals surface area (Å²) in [6.45, 7) is 13.9. The van der Waals surface area contributed by atoms with Crippen LogP contribution in [-0.2, 0) is 17.7 Å². The molecule has 0 aliphatic rings.